The van der Waals surface area contributed by atoms with E-state index in [4.69, 9.17) is 16.3 Å². The van der Waals surface area contributed by atoms with Crippen molar-refractivity contribution in [2.24, 2.45) is 0 Å². The number of halogens is 1. The lowest BCUT2D eigenvalue weighted by molar-refractivity contribution is -0.0587. The molecule has 0 aliphatic carbocycles. The van der Waals surface area contributed by atoms with E-state index in [2.05, 4.69) is 4.90 Å². The summed E-state index contributed by atoms with van der Waals surface area (Å²) in [6.45, 7) is 2.29. The van der Waals surface area contributed by atoms with Crippen LogP contribution in [0.1, 0.15) is 42.6 Å². The molecule has 1 spiro atoms. The second kappa shape index (κ2) is 7.20. The van der Waals surface area contributed by atoms with Gasteiger partial charge < -0.3 is 19.8 Å². The summed E-state index contributed by atoms with van der Waals surface area (Å²) in [5, 5.41) is 21.7. The lowest BCUT2D eigenvalue weighted by atomic mass is 9.81. The van der Waals surface area contributed by atoms with Crippen LogP contribution in [-0.4, -0.2) is 40.3 Å². The maximum Gasteiger partial charge on any atom is 0.125 e. The molecule has 2 aliphatic rings. The molecule has 2 atom stereocenters. The zero-order valence-corrected chi connectivity index (χ0v) is 15.4. The molecule has 2 aromatic carbocycles. The Morgan fingerprint density at radius 1 is 1.12 bits per heavy atom. The Hall–Kier alpha value is -1.59. The van der Waals surface area contributed by atoms with Gasteiger partial charge in [-0.25, -0.2) is 0 Å². The van der Waals surface area contributed by atoms with Crippen molar-refractivity contribution in [1.29, 1.82) is 0 Å². The fourth-order valence-corrected chi connectivity index (χ4v) is 4.20. The summed E-state index contributed by atoms with van der Waals surface area (Å²) in [6, 6.07) is 15.1. The molecule has 2 aliphatic heterocycles. The highest BCUT2D eigenvalue weighted by molar-refractivity contribution is 6.30. The topological polar surface area (TPSA) is 52.9 Å². The molecule has 4 rings (SSSR count). The van der Waals surface area contributed by atoms with Gasteiger partial charge in [-0.2, -0.15) is 0 Å². The summed E-state index contributed by atoms with van der Waals surface area (Å²) in [5.74, 6) is 0.806. The largest absolute Gasteiger partial charge is 0.487 e. The molecule has 0 saturated carbocycles. The molecule has 0 radical (unpaired) electrons. The van der Waals surface area contributed by atoms with Crippen LogP contribution < -0.4 is 4.74 Å². The number of nitrogens with zero attached hydrogens (tertiary/aromatic N) is 1. The van der Waals surface area contributed by atoms with E-state index >= 15 is 0 Å². The van der Waals surface area contributed by atoms with Gasteiger partial charge in [0.2, 0.25) is 0 Å². The SMILES string of the molecule is O[C@H](CN1CCC2(CC1)C[C@H](O)c1ccccc1O2)c1ccc(Cl)cc1. The zero-order chi connectivity index (χ0) is 18.1. The Morgan fingerprint density at radius 3 is 2.54 bits per heavy atom. The summed E-state index contributed by atoms with van der Waals surface area (Å²) in [6.07, 6.45) is 1.35. The summed E-state index contributed by atoms with van der Waals surface area (Å²) < 4.78 is 6.32. The third-order valence-corrected chi connectivity index (χ3v) is 5.88. The first-order chi connectivity index (χ1) is 12.5. The number of piperidine rings is 1. The highest BCUT2D eigenvalue weighted by Crippen LogP contribution is 2.44. The molecule has 1 fully saturated rings. The molecular formula is C21H24ClNO3. The van der Waals surface area contributed by atoms with E-state index in [1.165, 1.54) is 0 Å². The van der Waals surface area contributed by atoms with Crippen LogP contribution in [0.5, 0.6) is 5.75 Å². The van der Waals surface area contributed by atoms with Crippen molar-refractivity contribution in [3.8, 4) is 5.75 Å². The van der Waals surface area contributed by atoms with Gasteiger partial charge in [-0.05, 0) is 36.6 Å². The quantitative estimate of drug-likeness (QED) is 0.860. The van der Waals surface area contributed by atoms with Crippen molar-refractivity contribution in [2.45, 2.75) is 37.1 Å². The Balaban J connectivity index is 1.38. The van der Waals surface area contributed by atoms with Gasteiger partial charge in [0.1, 0.15) is 11.4 Å². The van der Waals surface area contributed by atoms with Gasteiger partial charge in [-0.1, -0.05) is 41.9 Å². The maximum absolute atomic E-state index is 10.5. The number of aliphatic hydroxyl groups is 2. The summed E-state index contributed by atoms with van der Waals surface area (Å²) >= 11 is 5.91. The van der Waals surface area contributed by atoms with Gasteiger partial charge in [0.25, 0.3) is 0 Å². The predicted molar refractivity (Wildman–Crippen MR) is 101 cm³/mol. The first-order valence-corrected chi connectivity index (χ1v) is 9.54. The Bertz CT molecular complexity index is 756. The van der Waals surface area contributed by atoms with Crippen LogP contribution in [0.4, 0.5) is 0 Å². The van der Waals surface area contributed by atoms with Crippen LogP contribution >= 0.6 is 11.6 Å². The van der Waals surface area contributed by atoms with Crippen molar-refractivity contribution in [3.05, 3.63) is 64.7 Å². The van der Waals surface area contributed by atoms with Crippen LogP contribution in [-0.2, 0) is 0 Å². The van der Waals surface area contributed by atoms with E-state index in [-0.39, 0.29) is 5.60 Å². The lowest BCUT2D eigenvalue weighted by Crippen LogP contribution is -2.51. The predicted octanol–water partition coefficient (Wildman–Crippen LogP) is 3.72. The molecule has 0 unspecified atom stereocenters. The first kappa shape index (κ1) is 17.8. The minimum absolute atomic E-state index is 0.296. The van der Waals surface area contributed by atoms with Crippen molar-refractivity contribution in [1.82, 2.24) is 4.90 Å². The number of para-hydroxylation sites is 1. The molecule has 2 aromatic rings. The Labute approximate surface area is 159 Å². The average molecular weight is 374 g/mol. The van der Waals surface area contributed by atoms with E-state index in [9.17, 15) is 10.2 Å². The minimum atomic E-state index is -0.528. The number of aliphatic hydroxyl groups excluding tert-OH is 2. The third-order valence-electron chi connectivity index (χ3n) is 5.62. The monoisotopic (exact) mass is 373 g/mol. The van der Waals surface area contributed by atoms with Gasteiger partial charge >= 0.3 is 0 Å². The van der Waals surface area contributed by atoms with E-state index < -0.39 is 12.2 Å². The Morgan fingerprint density at radius 2 is 1.81 bits per heavy atom. The summed E-state index contributed by atoms with van der Waals surface area (Å²) in [4.78, 5) is 2.26. The van der Waals surface area contributed by atoms with Crippen molar-refractivity contribution in [3.63, 3.8) is 0 Å². The number of hydrogen-bond acceptors (Lipinski definition) is 4. The van der Waals surface area contributed by atoms with Crippen LogP contribution in [0, 0.1) is 0 Å². The number of fused-ring (bicyclic) bond motifs is 1. The number of ether oxygens (including phenoxy) is 1. The average Bonchev–Trinajstić information content (AvgIpc) is 2.64. The zero-order valence-electron chi connectivity index (χ0n) is 14.6. The second-order valence-corrected chi connectivity index (χ2v) is 7.85. The number of rotatable bonds is 3. The lowest BCUT2D eigenvalue weighted by Gasteiger charge is -2.46. The summed E-state index contributed by atoms with van der Waals surface area (Å²) in [7, 11) is 0. The van der Waals surface area contributed by atoms with Gasteiger partial charge in [0.15, 0.2) is 0 Å². The number of likely N-dealkylation sites (tertiary alicyclic amines) is 1. The van der Waals surface area contributed by atoms with Crippen molar-refractivity contribution >= 4 is 11.6 Å². The van der Waals surface area contributed by atoms with Gasteiger partial charge in [0, 0.05) is 36.6 Å². The Kier molecular flexibility index (Phi) is 4.93. The molecular weight excluding hydrogens is 350 g/mol. The van der Waals surface area contributed by atoms with Crippen LogP contribution in [0.25, 0.3) is 0 Å². The fraction of sp³-hybridized carbons (Fsp3) is 0.429. The molecule has 0 amide bonds. The van der Waals surface area contributed by atoms with Gasteiger partial charge in [-0.3, -0.25) is 0 Å². The second-order valence-electron chi connectivity index (χ2n) is 7.41. The smallest absolute Gasteiger partial charge is 0.125 e. The molecule has 2 heterocycles. The third kappa shape index (κ3) is 3.60. The maximum atomic E-state index is 10.5. The van der Waals surface area contributed by atoms with Crippen LogP contribution in [0.15, 0.2) is 48.5 Å². The van der Waals surface area contributed by atoms with Crippen LogP contribution in [0.2, 0.25) is 5.02 Å². The van der Waals surface area contributed by atoms with Crippen LogP contribution in [0.3, 0.4) is 0 Å². The molecule has 0 bridgehead atoms. The van der Waals surface area contributed by atoms with E-state index in [1.54, 1.807) is 12.1 Å². The molecule has 5 heteroatoms. The van der Waals surface area contributed by atoms with E-state index in [0.29, 0.717) is 18.0 Å². The first-order valence-electron chi connectivity index (χ1n) is 9.17. The summed E-state index contributed by atoms with van der Waals surface area (Å²) in [5.41, 5.74) is 1.47. The molecule has 1 saturated heterocycles. The highest BCUT2D eigenvalue weighted by Gasteiger charge is 2.42. The number of benzene rings is 2. The number of hydrogen-bond donors (Lipinski definition) is 2. The highest BCUT2D eigenvalue weighted by atomic mass is 35.5. The normalized spacial score (nSPS) is 23.3. The van der Waals surface area contributed by atoms with E-state index in [1.807, 2.05) is 36.4 Å². The molecule has 0 aromatic heterocycles. The standard InChI is InChI=1S/C21H24ClNO3/c22-16-7-5-15(6-8-16)19(25)14-23-11-9-21(10-12-23)13-18(24)17-3-1-2-4-20(17)26-21/h1-8,18-19,24-25H,9-14H2/t18-,19+/m0/s1. The molecule has 4 nitrogen and oxygen atoms in total. The molecule has 2 N–H and O–H groups in total. The van der Waals surface area contributed by atoms with Gasteiger partial charge in [-0.15, -0.1) is 0 Å². The number of β-amino-alcohol motifs (C(OH)–C–C–N with tert-alkyl or cyclic N) is 1. The van der Waals surface area contributed by atoms with Crippen molar-refractivity contribution in [2.75, 3.05) is 19.6 Å². The molecule has 138 valence electrons. The van der Waals surface area contributed by atoms with Gasteiger partial charge in [0.05, 0.1) is 12.2 Å². The molecule has 26 heavy (non-hydrogen) atoms. The van der Waals surface area contributed by atoms with Crippen molar-refractivity contribution < 1.29 is 14.9 Å². The fourth-order valence-electron chi connectivity index (χ4n) is 4.07. The minimum Gasteiger partial charge on any atom is -0.487 e. The van der Waals surface area contributed by atoms with E-state index in [0.717, 1.165) is 42.8 Å².